The van der Waals surface area contributed by atoms with Crippen LogP contribution in [0, 0.1) is 0 Å². The second kappa shape index (κ2) is 9.29. The number of likely N-dealkylation sites (tertiary alicyclic amines) is 1. The molecule has 35 heavy (non-hydrogen) atoms. The number of carbonyl (C=O) groups is 2. The second-order valence-electron chi connectivity index (χ2n) is 8.96. The van der Waals surface area contributed by atoms with Gasteiger partial charge in [0.05, 0.1) is 18.7 Å². The molecule has 1 amide bonds. The molecule has 178 valence electrons. The summed E-state index contributed by atoms with van der Waals surface area (Å²) in [7, 11) is 1.57. The van der Waals surface area contributed by atoms with E-state index in [1.165, 1.54) is 0 Å². The van der Waals surface area contributed by atoms with Gasteiger partial charge < -0.3 is 19.5 Å². The summed E-state index contributed by atoms with van der Waals surface area (Å²) in [6.45, 7) is 2.32. The van der Waals surface area contributed by atoms with Gasteiger partial charge in [-0.1, -0.05) is 42.5 Å². The number of aliphatic hydroxyl groups excluding tert-OH is 1. The van der Waals surface area contributed by atoms with Crippen molar-refractivity contribution in [2.75, 3.05) is 13.7 Å². The van der Waals surface area contributed by atoms with Gasteiger partial charge in [0, 0.05) is 18.5 Å². The van der Waals surface area contributed by atoms with Gasteiger partial charge in [0.1, 0.15) is 23.4 Å². The Morgan fingerprint density at radius 3 is 2.63 bits per heavy atom. The van der Waals surface area contributed by atoms with E-state index in [-0.39, 0.29) is 17.4 Å². The summed E-state index contributed by atoms with van der Waals surface area (Å²) in [6, 6.07) is 21.7. The number of methoxy groups -OCH3 is 1. The molecule has 1 N–H and O–H groups in total. The zero-order valence-electron chi connectivity index (χ0n) is 19.7. The first-order chi connectivity index (χ1) is 17.0. The average molecular weight is 470 g/mol. The van der Waals surface area contributed by atoms with Crippen LogP contribution in [0.25, 0.3) is 5.76 Å². The number of hydrogen-bond acceptors (Lipinski definition) is 5. The first-order valence-electron chi connectivity index (χ1n) is 11.7. The van der Waals surface area contributed by atoms with Crippen molar-refractivity contribution in [2.24, 2.45) is 0 Å². The lowest BCUT2D eigenvalue weighted by atomic mass is 9.94. The number of carbonyl (C=O) groups excluding carboxylic acids is 2. The van der Waals surface area contributed by atoms with Gasteiger partial charge in [0.2, 0.25) is 0 Å². The van der Waals surface area contributed by atoms with Gasteiger partial charge in [0.25, 0.3) is 11.7 Å². The Kier molecular flexibility index (Phi) is 6.03. The minimum atomic E-state index is -0.725. The summed E-state index contributed by atoms with van der Waals surface area (Å²) in [5.74, 6) is -0.0934. The first kappa shape index (κ1) is 22.7. The summed E-state index contributed by atoms with van der Waals surface area (Å²) in [5.41, 5.74) is 3.32. The lowest BCUT2D eigenvalue weighted by molar-refractivity contribution is -0.139. The number of ketones is 1. The highest BCUT2D eigenvalue weighted by Gasteiger charge is 2.46. The number of rotatable bonds is 6. The van der Waals surface area contributed by atoms with Crippen LogP contribution in [0.4, 0.5) is 0 Å². The maximum Gasteiger partial charge on any atom is 0.295 e. The van der Waals surface area contributed by atoms with Gasteiger partial charge in [-0.25, -0.2) is 0 Å². The summed E-state index contributed by atoms with van der Waals surface area (Å²) in [5, 5.41) is 11.4. The highest BCUT2D eigenvalue weighted by molar-refractivity contribution is 6.46. The minimum Gasteiger partial charge on any atom is -0.507 e. The molecule has 6 heteroatoms. The van der Waals surface area contributed by atoms with E-state index in [9.17, 15) is 14.7 Å². The Hall–Kier alpha value is -4.06. The van der Waals surface area contributed by atoms with E-state index in [1.54, 1.807) is 36.3 Å². The zero-order chi connectivity index (χ0) is 24.5. The van der Waals surface area contributed by atoms with Crippen LogP contribution in [-0.2, 0) is 22.4 Å². The largest absolute Gasteiger partial charge is 0.507 e. The Labute approximate surface area is 204 Å². The van der Waals surface area contributed by atoms with Crippen molar-refractivity contribution in [3.63, 3.8) is 0 Å². The van der Waals surface area contributed by atoms with Gasteiger partial charge in [-0.3, -0.25) is 9.59 Å². The number of nitrogens with zero attached hydrogens (tertiary/aromatic N) is 1. The van der Waals surface area contributed by atoms with Gasteiger partial charge in [-0.15, -0.1) is 0 Å². The Morgan fingerprint density at radius 1 is 1.06 bits per heavy atom. The molecule has 1 fully saturated rings. The fourth-order valence-electron chi connectivity index (χ4n) is 4.89. The molecule has 0 radical (unpaired) electrons. The number of hydrogen-bond donors (Lipinski definition) is 1. The zero-order valence-corrected chi connectivity index (χ0v) is 19.7. The maximum atomic E-state index is 13.3. The molecule has 2 atom stereocenters. The Morgan fingerprint density at radius 2 is 1.86 bits per heavy atom. The van der Waals surface area contributed by atoms with Crippen molar-refractivity contribution < 1.29 is 24.2 Å². The molecule has 6 nitrogen and oxygen atoms in total. The van der Waals surface area contributed by atoms with E-state index in [0.717, 1.165) is 23.3 Å². The summed E-state index contributed by atoms with van der Waals surface area (Å²) in [6.07, 6.45) is 1.37. The molecule has 0 aromatic heterocycles. The predicted octanol–water partition coefficient (Wildman–Crippen LogP) is 4.68. The van der Waals surface area contributed by atoms with Crippen LogP contribution < -0.4 is 9.47 Å². The molecule has 2 aliphatic rings. The van der Waals surface area contributed by atoms with Crippen molar-refractivity contribution in [1.29, 1.82) is 0 Å². The highest BCUT2D eigenvalue weighted by Crippen LogP contribution is 2.41. The third-order valence-corrected chi connectivity index (χ3v) is 6.60. The monoisotopic (exact) mass is 469 g/mol. The smallest absolute Gasteiger partial charge is 0.295 e. The Bertz CT molecular complexity index is 1310. The molecule has 3 aromatic carbocycles. The molecule has 2 heterocycles. The predicted molar refractivity (Wildman–Crippen MR) is 132 cm³/mol. The number of Topliss-reactive ketones (excluding diaryl/α,β-unsaturated/α-hetero) is 1. The van der Waals surface area contributed by atoms with Crippen LogP contribution in [0.5, 0.6) is 11.5 Å². The molecule has 2 unspecified atom stereocenters. The molecular weight excluding hydrogens is 442 g/mol. The lowest BCUT2D eigenvalue weighted by Crippen LogP contribution is -2.31. The number of amides is 1. The van der Waals surface area contributed by atoms with Gasteiger partial charge >= 0.3 is 0 Å². The van der Waals surface area contributed by atoms with Crippen molar-refractivity contribution >= 4 is 17.4 Å². The second-order valence-corrected chi connectivity index (χ2v) is 8.96. The molecule has 2 aliphatic heterocycles. The summed E-state index contributed by atoms with van der Waals surface area (Å²) in [4.78, 5) is 28.1. The quantitative estimate of drug-likeness (QED) is 0.322. The standard InChI is InChI=1S/C29H27NO5/c1-18-15-22-16-21(11-12-24(22)35-18)27(31)25-26(20-9-6-10-23(17-20)34-2)30(29(33)28(25)32)14-13-19-7-4-3-5-8-19/h3-12,16-18,26,31H,13-15H2,1-2H3/b27-25-. The van der Waals surface area contributed by atoms with E-state index in [4.69, 9.17) is 9.47 Å². The third-order valence-electron chi connectivity index (χ3n) is 6.60. The topological polar surface area (TPSA) is 76.1 Å². The van der Waals surface area contributed by atoms with Crippen LogP contribution in [0.1, 0.15) is 35.2 Å². The van der Waals surface area contributed by atoms with Crippen LogP contribution in [0.15, 0.2) is 78.4 Å². The summed E-state index contributed by atoms with van der Waals surface area (Å²) >= 11 is 0. The third kappa shape index (κ3) is 4.28. The van der Waals surface area contributed by atoms with Gasteiger partial charge in [0.15, 0.2) is 0 Å². The van der Waals surface area contributed by atoms with Crippen LogP contribution in [0.2, 0.25) is 0 Å². The molecule has 0 bridgehead atoms. The molecule has 0 spiro atoms. The van der Waals surface area contributed by atoms with Gasteiger partial charge in [-0.2, -0.15) is 0 Å². The van der Waals surface area contributed by atoms with Crippen molar-refractivity contribution in [3.8, 4) is 11.5 Å². The van der Waals surface area contributed by atoms with E-state index in [2.05, 4.69) is 0 Å². The Balaban J connectivity index is 1.58. The van der Waals surface area contributed by atoms with Gasteiger partial charge in [-0.05, 0) is 60.4 Å². The first-order valence-corrected chi connectivity index (χ1v) is 11.7. The van der Waals surface area contributed by atoms with E-state index in [1.807, 2.05) is 55.5 Å². The van der Waals surface area contributed by atoms with E-state index >= 15 is 0 Å². The molecule has 0 aliphatic carbocycles. The van der Waals surface area contributed by atoms with Crippen LogP contribution in [-0.4, -0.2) is 41.5 Å². The molecular formula is C29H27NO5. The fourth-order valence-corrected chi connectivity index (χ4v) is 4.89. The molecule has 0 saturated carbocycles. The molecule has 1 saturated heterocycles. The number of ether oxygens (including phenoxy) is 2. The number of benzene rings is 3. The van der Waals surface area contributed by atoms with E-state index in [0.29, 0.717) is 29.8 Å². The van der Waals surface area contributed by atoms with Crippen molar-refractivity contribution in [1.82, 2.24) is 4.90 Å². The average Bonchev–Trinajstić information content (AvgIpc) is 3.38. The van der Waals surface area contributed by atoms with Crippen LogP contribution >= 0.6 is 0 Å². The number of aliphatic hydroxyl groups is 1. The molecule has 5 rings (SSSR count). The highest BCUT2D eigenvalue weighted by atomic mass is 16.5. The minimum absolute atomic E-state index is 0.0581. The van der Waals surface area contributed by atoms with E-state index < -0.39 is 17.7 Å². The lowest BCUT2D eigenvalue weighted by Gasteiger charge is -2.25. The summed E-state index contributed by atoms with van der Waals surface area (Å²) < 4.78 is 11.2. The van der Waals surface area contributed by atoms with Crippen molar-refractivity contribution in [2.45, 2.75) is 31.9 Å². The SMILES string of the molecule is COc1cccc(C2/C(=C(/O)c3ccc4c(c3)CC(C)O4)C(=O)C(=O)N2CCc2ccccc2)c1. The van der Waals surface area contributed by atoms with Crippen LogP contribution in [0.3, 0.4) is 0 Å². The normalized spacial score (nSPS) is 20.6. The molecule has 3 aromatic rings. The maximum absolute atomic E-state index is 13.3. The van der Waals surface area contributed by atoms with Crippen molar-refractivity contribution in [3.05, 3.63) is 101 Å². The fraction of sp³-hybridized carbons (Fsp3) is 0.241. The number of fused-ring (bicyclic) bond motifs is 1.